The number of ether oxygens (including phenoxy) is 2. The molecule has 2 aromatic carbocycles. The summed E-state index contributed by atoms with van der Waals surface area (Å²) in [5.41, 5.74) is 1.72. The molecule has 1 N–H and O–H groups in total. The quantitative estimate of drug-likeness (QED) is 0.808. The Morgan fingerprint density at radius 1 is 1.10 bits per heavy atom. The van der Waals surface area contributed by atoms with Gasteiger partial charge >= 0.3 is 0 Å². The number of rotatable bonds is 6. The summed E-state index contributed by atoms with van der Waals surface area (Å²) in [7, 11) is 0. The van der Waals surface area contributed by atoms with E-state index in [0.29, 0.717) is 35.3 Å². The highest BCUT2D eigenvalue weighted by molar-refractivity contribution is 9.10. The first kappa shape index (κ1) is 16.1. The zero-order valence-electron chi connectivity index (χ0n) is 11.6. The molecule has 0 unspecified atom stereocenters. The van der Waals surface area contributed by atoms with Crippen molar-refractivity contribution in [1.82, 2.24) is 0 Å². The van der Waals surface area contributed by atoms with Gasteiger partial charge in [0, 0.05) is 4.47 Å². The van der Waals surface area contributed by atoms with Gasteiger partial charge in [-0.2, -0.15) is 0 Å². The number of hydrogen-bond donors (Lipinski definition) is 1. The number of aliphatic hydroxyl groups is 1. The molecule has 2 aromatic rings. The zero-order valence-corrected chi connectivity index (χ0v) is 13.9. The fourth-order valence-corrected chi connectivity index (χ4v) is 2.40. The lowest BCUT2D eigenvalue weighted by Gasteiger charge is -2.15. The fraction of sp³-hybridized carbons (Fsp3) is 0.250. The maximum atomic E-state index is 9.22. The van der Waals surface area contributed by atoms with E-state index in [2.05, 4.69) is 15.9 Å². The molecule has 0 heterocycles. The van der Waals surface area contributed by atoms with Crippen molar-refractivity contribution in [2.45, 2.75) is 20.1 Å². The molecule has 0 spiro atoms. The van der Waals surface area contributed by atoms with Crippen LogP contribution >= 0.6 is 27.5 Å². The fourth-order valence-electron chi connectivity index (χ4n) is 1.85. The topological polar surface area (TPSA) is 38.7 Å². The van der Waals surface area contributed by atoms with Crippen molar-refractivity contribution < 1.29 is 14.6 Å². The zero-order chi connectivity index (χ0) is 15.2. The van der Waals surface area contributed by atoms with Crippen LogP contribution in [-0.2, 0) is 13.2 Å². The third kappa shape index (κ3) is 4.37. The molecule has 0 aliphatic heterocycles. The van der Waals surface area contributed by atoms with E-state index in [-0.39, 0.29) is 6.61 Å². The lowest BCUT2D eigenvalue weighted by atomic mass is 10.2. The van der Waals surface area contributed by atoms with E-state index < -0.39 is 0 Å². The van der Waals surface area contributed by atoms with Crippen molar-refractivity contribution >= 4 is 27.5 Å². The van der Waals surface area contributed by atoms with Gasteiger partial charge < -0.3 is 14.6 Å². The lowest BCUT2D eigenvalue weighted by Crippen LogP contribution is -2.01. The average Bonchev–Trinajstić information content (AvgIpc) is 2.48. The first-order valence-corrected chi connectivity index (χ1v) is 7.74. The van der Waals surface area contributed by atoms with Crippen LogP contribution < -0.4 is 9.47 Å². The highest BCUT2D eigenvalue weighted by Crippen LogP contribution is 2.37. The highest BCUT2D eigenvalue weighted by atomic mass is 79.9. The minimum Gasteiger partial charge on any atom is -0.490 e. The predicted molar refractivity (Wildman–Crippen MR) is 87.0 cm³/mol. The highest BCUT2D eigenvalue weighted by Gasteiger charge is 2.12. The van der Waals surface area contributed by atoms with Gasteiger partial charge in [-0.1, -0.05) is 39.7 Å². The number of benzene rings is 2. The number of halogens is 2. The van der Waals surface area contributed by atoms with E-state index in [9.17, 15) is 5.11 Å². The Morgan fingerprint density at radius 2 is 1.81 bits per heavy atom. The maximum absolute atomic E-state index is 9.22. The van der Waals surface area contributed by atoms with Crippen LogP contribution in [0.5, 0.6) is 11.5 Å². The second kappa shape index (κ2) is 7.69. The molecule has 112 valence electrons. The van der Waals surface area contributed by atoms with E-state index in [4.69, 9.17) is 21.1 Å². The van der Waals surface area contributed by atoms with Gasteiger partial charge in [-0.3, -0.25) is 0 Å². The summed E-state index contributed by atoms with van der Waals surface area (Å²) < 4.78 is 12.4. The molecule has 3 nitrogen and oxygen atoms in total. The van der Waals surface area contributed by atoms with Crippen LogP contribution in [0.3, 0.4) is 0 Å². The van der Waals surface area contributed by atoms with Gasteiger partial charge in [-0.15, -0.1) is 0 Å². The summed E-state index contributed by atoms with van der Waals surface area (Å²) in [6.07, 6.45) is 0. The standard InChI is InChI=1S/C16H16BrClO3/c1-2-20-15-8-12(9-19)7-14(18)16(15)21-10-11-3-5-13(17)6-4-11/h3-8,19H,2,9-10H2,1H3. The molecule has 2 rings (SSSR count). The predicted octanol–water partition coefficient (Wildman–Crippen LogP) is 4.57. The van der Waals surface area contributed by atoms with E-state index in [1.54, 1.807) is 12.1 Å². The van der Waals surface area contributed by atoms with E-state index >= 15 is 0 Å². The lowest BCUT2D eigenvalue weighted by molar-refractivity contribution is 0.264. The Kier molecular flexibility index (Phi) is 5.91. The van der Waals surface area contributed by atoms with Crippen LogP contribution in [0.25, 0.3) is 0 Å². The molecule has 0 aliphatic rings. The van der Waals surface area contributed by atoms with Crippen LogP contribution in [0.4, 0.5) is 0 Å². The smallest absolute Gasteiger partial charge is 0.180 e. The average molecular weight is 372 g/mol. The van der Waals surface area contributed by atoms with E-state index in [0.717, 1.165) is 10.0 Å². The molecule has 0 radical (unpaired) electrons. The summed E-state index contributed by atoms with van der Waals surface area (Å²) in [6.45, 7) is 2.69. The van der Waals surface area contributed by atoms with Crippen molar-refractivity contribution in [3.63, 3.8) is 0 Å². The number of aliphatic hydroxyl groups excluding tert-OH is 1. The van der Waals surface area contributed by atoms with Gasteiger partial charge in [0.25, 0.3) is 0 Å². The van der Waals surface area contributed by atoms with Crippen molar-refractivity contribution in [2.75, 3.05) is 6.61 Å². The van der Waals surface area contributed by atoms with Gasteiger partial charge in [0.2, 0.25) is 0 Å². The second-order valence-electron chi connectivity index (χ2n) is 4.41. The molecule has 0 aliphatic carbocycles. The van der Waals surface area contributed by atoms with Crippen LogP contribution in [0.1, 0.15) is 18.1 Å². The molecule has 0 saturated heterocycles. The molecule has 21 heavy (non-hydrogen) atoms. The maximum Gasteiger partial charge on any atom is 0.180 e. The molecule has 5 heteroatoms. The molecular weight excluding hydrogens is 356 g/mol. The number of hydrogen-bond acceptors (Lipinski definition) is 3. The normalized spacial score (nSPS) is 10.5. The Balaban J connectivity index is 2.19. The molecule has 0 amide bonds. The Hall–Kier alpha value is -1.23. The third-order valence-corrected chi connectivity index (χ3v) is 3.66. The monoisotopic (exact) mass is 370 g/mol. The Bertz CT molecular complexity index is 599. The third-order valence-electron chi connectivity index (χ3n) is 2.85. The van der Waals surface area contributed by atoms with E-state index in [1.807, 2.05) is 31.2 Å². The van der Waals surface area contributed by atoms with Crippen LogP contribution in [0.2, 0.25) is 5.02 Å². The molecule has 0 fully saturated rings. The summed E-state index contributed by atoms with van der Waals surface area (Å²) in [4.78, 5) is 0. The minimum atomic E-state index is -0.0905. The first-order chi connectivity index (χ1) is 10.1. The van der Waals surface area contributed by atoms with Gasteiger partial charge in [0.1, 0.15) is 6.61 Å². The van der Waals surface area contributed by atoms with Crippen LogP contribution in [0.15, 0.2) is 40.9 Å². The summed E-state index contributed by atoms with van der Waals surface area (Å²) in [5.74, 6) is 1.05. The second-order valence-corrected chi connectivity index (χ2v) is 5.73. The minimum absolute atomic E-state index is 0.0905. The van der Waals surface area contributed by atoms with Crippen LogP contribution in [0, 0.1) is 0 Å². The molecule has 0 bridgehead atoms. The largest absolute Gasteiger partial charge is 0.490 e. The first-order valence-electron chi connectivity index (χ1n) is 6.57. The van der Waals surface area contributed by atoms with E-state index in [1.165, 1.54) is 0 Å². The Labute approximate surface area is 137 Å². The van der Waals surface area contributed by atoms with Crippen molar-refractivity contribution in [2.24, 2.45) is 0 Å². The summed E-state index contributed by atoms with van der Waals surface area (Å²) in [6, 6.07) is 11.3. The van der Waals surface area contributed by atoms with Gasteiger partial charge in [-0.25, -0.2) is 0 Å². The molecule has 0 atom stereocenters. The molecule has 0 aromatic heterocycles. The summed E-state index contributed by atoms with van der Waals surface area (Å²) in [5, 5.41) is 9.65. The van der Waals surface area contributed by atoms with Gasteiger partial charge in [-0.05, 0) is 42.3 Å². The van der Waals surface area contributed by atoms with Gasteiger partial charge in [0.15, 0.2) is 11.5 Å². The van der Waals surface area contributed by atoms with Crippen LogP contribution in [-0.4, -0.2) is 11.7 Å². The SMILES string of the molecule is CCOc1cc(CO)cc(Cl)c1OCc1ccc(Br)cc1. The Morgan fingerprint density at radius 3 is 2.43 bits per heavy atom. The molecular formula is C16H16BrClO3. The summed E-state index contributed by atoms with van der Waals surface area (Å²) >= 11 is 9.61. The van der Waals surface area contributed by atoms with Crippen molar-refractivity contribution in [3.8, 4) is 11.5 Å². The van der Waals surface area contributed by atoms with Gasteiger partial charge in [0.05, 0.1) is 18.2 Å². The molecule has 0 saturated carbocycles. The van der Waals surface area contributed by atoms with Crippen molar-refractivity contribution in [1.29, 1.82) is 0 Å². The van der Waals surface area contributed by atoms with Crippen molar-refractivity contribution in [3.05, 3.63) is 57.0 Å².